The van der Waals surface area contributed by atoms with E-state index in [1.165, 1.54) is 0 Å². The molecule has 84 valence electrons. The van der Waals surface area contributed by atoms with Crippen LogP contribution in [0, 0.1) is 0 Å². The van der Waals surface area contributed by atoms with Gasteiger partial charge in [0.15, 0.2) is 6.61 Å². The molecule has 0 aromatic rings. The summed E-state index contributed by atoms with van der Waals surface area (Å²) in [7, 11) is 0. The van der Waals surface area contributed by atoms with Crippen LogP contribution in [-0.2, 0) is 14.3 Å². The highest BCUT2D eigenvalue weighted by Gasteiger charge is 2.28. The number of nitrogens with zero attached hydrogens (tertiary/aromatic N) is 1. The van der Waals surface area contributed by atoms with Gasteiger partial charge in [0.2, 0.25) is 0 Å². The highest BCUT2D eigenvalue weighted by molar-refractivity contribution is 5.83. The molecular formula is C10H16N2O3. The molecule has 1 unspecified atom stereocenters. The van der Waals surface area contributed by atoms with Gasteiger partial charge in [-0.25, -0.2) is 0 Å². The first-order chi connectivity index (χ1) is 7.27. The van der Waals surface area contributed by atoms with E-state index in [-0.39, 0.29) is 24.6 Å². The Morgan fingerprint density at radius 1 is 1.33 bits per heavy atom. The van der Waals surface area contributed by atoms with E-state index >= 15 is 0 Å². The lowest BCUT2D eigenvalue weighted by Crippen LogP contribution is -2.51. The Bertz CT molecular complexity index is 261. The highest BCUT2D eigenvalue weighted by Crippen LogP contribution is 2.14. The standard InChI is InChI=1S/C10H16N2O3/c13-9-7-15-10(14)4-6-12(9)8-3-1-2-5-11-8/h8,11H,1-7H2. The Hall–Kier alpha value is -1.10. The van der Waals surface area contributed by atoms with Crippen LogP contribution in [0.1, 0.15) is 25.7 Å². The van der Waals surface area contributed by atoms with Crippen LogP contribution in [0.4, 0.5) is 0 Å². The maximum Gasteiger partial charge on any atom is 0.308 e. The van der Waals surface area contributed by atoms with E-state index in [4.69, 9.17) is 4.74 Å². The van der Waals surface area contributed by atoms with Crippen molar-refractivity contribution in [1.82, 2.24) is 10.2 Å². The van der Waals surface area contributed by atoms with E-state index < -0.39 is 0 Å². The molecular weight excluding hydrogens is 196 g/mol. The molecule has 2 heterocycles. The van der Waals surface area contributed by atoms with Crippen LogP contribution in [0.3, 0.4) is 0 Å². The molecule has 0 aromatic carbocycles. The van der Waals surface area contributed by atoms with E-state index in [1.807, 2.05) is 0 Å². The minimum atomic E-state index is -0.276. The van der Waals surface area contributed by atoms with Crippen molar-refractivity contribution in [2.45, 2.75) is 31.8 Å². The quantitative estimate of drug-likeness (QED) is 0.615. The Labute approximate surface area is 88.8 Å². The molecule has 1 atom stereocenters. The van der Waals surface area contributed by atoms with Crippen molar-refractivity contribution in [3.63, 3.8) is 0 Å². The molecule has 2 fully saturated rings. The molecule has 5 heteroatoms. The van der Waals surface area contributed by atoms with Crippen molar-refractivity contribution in [2.75, 3.05) is 19.7 Å². The second kappa shape index (κ2) is 4.61. The van der Waals surface area contributed by atoms with Crippen LogP contribution in [0.5, 0.6) is 0 Å². The Kier molecular flexibility index (Phi) is 3.20. The van der Waals surface area contributed by atoms with Gasteiger partial charge in [-0.3, -0.25) is 14.9 Å². The van der Waals surface area contributed by atoms with Crippen molar-refractivity contribution in [2.24, 2.45) is 0 Å². The SMILES string of the molecule is O=C1CCN(C2CCCCN2)C(=O)CO1. The van der Waals surface area contributed by atoms with Crippen molar-refractivity contribution < 1.29 is 14.3 Å². The van der Waals surface area contributed by atoms with E-state index in [0.717, 1.165) is 25.8 Å². The lowest BCUT2D eigenvalue weighted by molar-refractivity contribution is -0.148. The summed E-state index contributed by atoms with van der Waals surface area (Å²) in [6, 6.07) is 0. The van der Waals surface area contributed by atoms with Crippen LogP contribution >= 0.6 is 0 Å². The summed E-state index contributed by atoms with van der Waals surface area (Å²) in [5.41, 5.74) is 0. The van der Waals surface area contributed by atoms with Crippen molar-refractivity contribution >= 4 is 11.9 Å². The number of hydrogen-bond acceptors (Lipinski definition) is 4. The normalized spacial score (nSPS) is 28.5. The van der Waals surface area contributed by atoms with Crippen molar-refractivity contribution in [3.05, 3.63) is 0 Å². The lowest BCUT2D eigenvalue weighted by Gasteiger charge is -2.33. The number of carbonyl (C=O) groups is 2. The minimum absolute atomic E-state index is 0.0831. The van der Waals surface area contributed by atoms with E-state index in [9.17, 15) is 9.59 Å². The summed E-state index contributed by atoms with van der Waals surface area (Å²) >= 11 is 0. The lowest BCUT2D eigenvalue weighted by atomic mass is 10.1. The minimum Gasteiger partial charge on any atom is -0.456 e. The van der Waals surface area contributed by atoms with Gasteiger partial charge in [0.25, 0.3) is 5.91 Å². The third kappa shape index (κ3) is 2.47. The first kappa shape index (κ1) is 10.4. The van der Waals surface area contributed by atoms with Crippen LogP contribution in [0.15, 0.2) is 0 Å². The van der Waals surface area contributed by atoms with Gasteiger partial charge in [-0.2, -0.15) is 0 Å². The van der Waals surface area contributed by atoms with Gasteiger partial charge < -0.3 is 9.64 Å². The Morgan fingerprint density at radius 2 is 2.20 bits per heavy atom. The first-order valence-corrected chi connectivity index (χ1v) is 5.46. The first-order valence-electron chi connectivity index (χ1n) is 5.46. The summed E-state index contributed by atoms with van der Waals surface area (Å²) in [5, 5.41) is 3.30. The molecule has 0 saturated carbocycles. The molecule has 2 aliphatic rings. The highest BCUT2D eigenvalue weighted by atomic mass is 16.5. The number of rotatable bonds is 1. The smallest absolute Gasteiger partial charge is 0.308 e. The molecule has 0 aliphatic carbocycles. The second-order valence-electron chi connectivity index (χ2n) is 3.96. The second-order valence-corrected chi connectivity index (χ2v) is 3.96. The molecule has 15 heavy (non-hydrogen) atoms. The average molecular weight is 212 g/mol. The zero-order chi connectivity index (χ0) is 10.7. The fourth-order valence-electron chi connectivity index (χ4n) is 2.06. The Balaban J connectivity index is 1.99. The number of esters is 1. The third-order valence-corrected chi connectivity index (χ3v) is 2.89. The van der Waals surface area contributed by atoms with Crippen LogP contribution in [0.25, 0.3) is 0 Å². The zero-order valence-electron chi connectivity index (χ0n) is 8.70. The molecule has 2 rings (SSSR count). The molecule has 0 bridgehead atoms. The van der Waals surface area contributed by atoms with E-state index in [0.29, 0.717) is 13.0 Å². The molecule has 2 aliphatic heterocycles. The van der Waals surface area contributed by atoms with Crippen molar-refractivity contribution in [1.29, 1.82) is 0 Å². The predicted molar refractivity (Wildman–Crippen MR) is 52.9 cm³/mol. The molecule has 0 aromatic heterocycles. The van der Waals surface area contributed by atoms with Gasteiger partial charge in [0, 0.05) is 6.54 Å². The summed E-state index contributed by atoms with van der Waals surface area (Å²) in [6.07, 6.45) is 3.68. The number of ether oxygens (including phenoxy) is 1. The van der Waals surface area contributed by atoms with E-state index in [1.54, 1.807) is 4.90 Å². The molecule has 2 saturated heterocycles. The zero-order valence-corrected chi connectivity index (χ0v) is 8.70. The number of nitrogens with one attached hydrogen (secondary N) is 1. The maximum absolute atomic E-state index is 11.7. The van der Waals surface area contributed by atoms with Crippen LogP contribution in [-0.4, -0.2) is 42.6 Å². The number of piperidine rings is 1. The largest absolute Gasteiger partial charge is 0.456 e. The number of hydrogen-bond donors (Lipinski definition) is 1. The number of cyclic esters (lactones) is 1. The fraction of sp³-hybridized carbons (Fsp3) is 0.800. The summed E-state index contributed by atoms with van der Waals surface area (Å²) in [6.45, 7) is 1.33. The predicted octanol–water partition coefficient (Wildman–Crippen LogP) is -0.139. The van der Waals surface area contributed by atoms with Gasteiger partial charge in [-0.05, 0) is 25.8 Å². The number of carbonyl (C=O) groups excluding carboxylic acids is 2. The fourth-order valence-corrected chi connectivity index (χ4v) is 2.06. The molecule has 0 radical (unpaired) electrons. The van der Waals surface area contributed by atoms with Gasteiger partial charge in [-0.15, -0.1) is 0 Å². The van der Waals surface area contributed by atoms with Gasteiger partial charge >= 0.3 is 5.97 Å². The summed E-state index contributed by atoms with van der Waals surface area (Å²) in [4.78, 5) is 24.4. The molecule has 0 spiro atoms. The van der Waals surface area contributed by atoms with Gasteiger partial charge in [0.05, 0.1) is 12.6 Å². The maximum atomic E-state index is 11.7. The molecule has 5 nitrogen and oxygen atoms in total. The number of amides is 1. The monoisotopic (exact) mass is 212 g/mol. The van der Waals surface area contributed by atoms with Gasteiger partial charge in [0.1, 0.15) is 0 Å². The van der Waals surface area contributed by atoms with Crippen LogP contribution in [0.2, 0.25) is 0 Å². The van der Waals surface area contributed by atoms with Crippen LogP contribution < -0.4 is 5.32 Å². The van der Waals surface area contributed by atoms with E-state index in [2.05, 4.69) is 5.32 Å². The Morgan fingerprint density at radius 3 is 2.93 bits per heavy atom. The summed E-state index contributed by atoms with van der Waals surface area (Å²) < 4.78 is 4.78. The van der Waals surface area contributed by atoms with Gasteiger partial charge in [-0.1, -0.05) is 0 Å². The average Bonchev–Trinajstić information content (AvgIpc) is 2.43. The summed E-state index contributed by atoms with van der Waals surface area (Å²) in [5.74, 6) is -0.359. The van der Waals surface area contributed by atoms with Crippen molar-refractivity contribution in [3.8, 4) is 0 Å². The third-order valence-electron chi connectivity index (χ3n) is 2.89. The molecule has 1 N–H and O–H groups in total. The molecule has 1 amide bonds. The topological polar surface area (TPSA) is 58.6 Å².